The van der Waals surface area contributed by atoms with Crippen LogP contribution < -0.4 is 5.73 Å². The highest BCUT2D eigenvalue weighted by atomic mass is 127. The van der Waals surface area contributed by atoms with Crippen LogP contribution in [0.5, 0.6) is 0 Å². The number of rotatable bonds is 0. The van der Waals surface area contributed by atoms with Crippen LogP contribution >= 0.6 is 22.9 Å². The Hall–Kier alpha value is 0.650. The fourth-order valence-corrected chi connectivity index (χ4v) is 3.38. The predicted molar refractivity (Wildman–Crippen MR) is 49.9 cm³/mol. The molecule has 2 rings (SSSR count). The zero-order valence-electron chi connectivity index (χ0n) is 6.02. The van der Waals surface area contributed by atoms with Crippen molar-refractivity contribution in [2.45, 2.75) is 24.8 Å². The van der Waals surface area contributed by atoms with Gasteiger partial charge in [0.25, 0.3) is 0 Å². The molecule has 1 saturated carbocycles. The molecule has 0 amide bonds. The Morgan fingerprint density at radius 1 is 1.60 bits per heavy atom. The van der Waals surface area contributed by atoms with Gasteiger partial charge >= 0.3 is 0 Å². The lowest BCUT2D eigenvalue weighted by Gasteiger charge is -2.21. The summed E-state index contributed by atoms with van der Waals surface area (Å²) in [7, 11) is 0. The molecule has 10 heavy (non-hydrogen) atoms. The zero-order chi connectivity index (χ0) is 7.19. The van der Waals surface area contributed by atoms with Crippen LogP contribution in [0.4, 0.5) is 0 Å². The van der Waals surface area contributed by atoms with E-state index in [0.29, 0.717) is 0 Å². The molecule has 2 atom stereocenters. The smallest absolute Gasteiger partial charge is 0.0332 e. The van der Waals surface area contributed by atoms with Crippen molar-refractivity contribution in [2.24, 2.45) is 11.7 Å². The lowest BCUT2D eigenvalue weighted by atomic mass is 9.92. The summed E-state index contributed by atoms with van der Waals surface area (Å²) in [6.07, 6.45) is 3.96. The van der Waals surface area contributed by atoms with E-state index in [9.17, 15) is 0 Å². The van der Waals surface area contributed by atoms with E-state index in [2.05, 4.69) is 26.0 Å². The summed E-state index contributed by atoms with van der Waals surface area (Å²) >= 11 is 2.38. The summed E-state index contributed by atoms with van der Waals surface area (Å²) in [6.45, 7) is 2.33. The van der Waals surface area contributed by atoms with Crippen LogP contribution in [-0.2, 0) is 0 Å². The van der Waals surface area contributed by atoms with Gasteiger partial charge in [0.2, 0.25) is 0 Å². The highest BCUT2D eigenvalue weighted by Gasteiger charge is 2.45. The van der Waals surface area contributed by atoms with Crippen LogP contribution in [0, 0.1) is 5.92 Å². The van der Waals surface area contributed by atoms with Crippen molar-refractivity contribution in [3.8, 4) is 0 Å². The summed E-state index contributed by atoms with van der Waals surface area (Å²) in [4.78, 5) is 0. The molecule has 1 aliphatic carbocycles. The van der Waals surface area contributed by atoms with Crippen molar-refractivity contribution >= 4 is 22.9 Å². The van der Waals surface area contributed by atoms with Crippen molar-refractivity contribution < 1.29 is 0 Å². The fourth-order valence-electron chi connectivity index (χ4n) is 2.27. The molecule has 2 aliphatic rings. The molecular formula is C7H13IN2. The van der Waals surface area contributed by atoms with Crippen molar-refractivity contribution in [2.75, 3.05) is 13.1 Å². The molecule has 2 fully saturated rings. The Bertz CT molecular complexity index is 151. The molecule has 1 heterocycles. The molecule has 0 aromatic rings. The largest absolute Gasteiger partial charge is 0.324 e. The molecule has 2 unspecified atom stereocenters. The Kier molecular flexibility index (Phi) is 1.69. The van der Waals surface area contributed by atoms with E-state index in [1.807, 2.05) is 0 Å². The Morgan fingerprint density at radius 2 is 2.40 bits per heavy atom. The minimum Gasteiger partial charge on any atom is -0.324 e. The third-order valence-electron chi connectivity index (χ3n) is 2.89. The Labute approximate surface area is 75.6 Å². The monoisotopic (exact) mass is 252 g/mol. The maximum Gasteiger partial charge on any atom is 0.0332 e. The maximum absolute atomic E-state index is 6.21. The molecule has 1 aliphatic heterocycles. The van der Waals surface area contributed by atoms with Crippen molar-refractivity contribution in [1.82, 2.24) is 3.11 Å². The van der Waals surface area contributed by atoms with Gasteiger partial charge in [0.1, 0.15) is 0 Å². The summed E-state index contributed by atoms with van der Waals surface area (Å²) in [6, 6.07) is 0. The molecule has 2 N–H and O–H groups in total. The molecule has 0 spiro atoms. The minimum atomic E-state index is 0.196. The van der Waals surface area contributed by atoms with E-state index < -0.39 is 0 Å². The Morgan fingerprint density at radius 3 is 3.10 bits per heavy atom. The third-order valence-corrected chi connectivity index (χ3v) is 3.63. The first-order chi connectivity index (χ1) is 4.71. The standard InChI is InChI=1S/C7H13IN2/c8-10-4-6-2-1-3-7(6,9)5-10/h6H,1-5,9H2. The van der Waals surface area contributed by atoms with E-state index in [-0.39, 0.29) is 5.54 Å². The fraction of sp³-hybridized carbons (Fsp3) is 1.00. The summed E-state index contributed by atoms with van der Waals surface area (Å²) in [5, 5.41) is 0. The third kappa shape index (κ3) is 0.987. The average molecular weight is 252 g/mol. The van der Waals surface area contributed by atoms with E-state index in [0.717, 1.165) is 12.5 Å². The van der Waals surface area contributed by atoms with Gasteiger partial charge in [-0.1, -0.05) is 6.42 Å². The lowest BCUT2D eigenvalue weighted by molar-refractivity contribution is 0.400. The Balaban J connectivity index is 2.15. The van der Waals surface area contributed by atoms with Gasteiger partial charge in [0.05, 0.1) is 0 Å². The first-order valence-electron chi connectivity index (χ1n) is 3.90. The van der Waals surface area contributed by atoms with Crippen LogP contribution in [0.3, 0.4) is 0 Å². The second-order valence-electron chi connectivity index (χ2n) is 3.63. The average Bonchev–Trinajstić information content (AvgIpc) is 2.20. The first kappa shape index (κ1) is 7.31. The van der Waals surface area contributed by atoms with Gasteiger partial charge in [0, 0.05) is 41.5 Å². The number of hydrogen-bond acceptors (Lipinski definition) is 2. The van der Waals surface area contributed by atoms with Crippen LogP contribution in [0.2, 0.25) is 0 Å². The SMILES string of the molecule is NC12CCCC1CN(I)C2. The molecule has 0 aromatic heterocycles. The van der Waals surface area contributed by atoms with Crippen LogP contribution in [0.15, 0.2) is 0 Å². The second kappa shape index (κ2) is 2.32. The number of nitrogens with two attached hydrogens (primary N) is 1. The van der Waals surface area contributed by atoms with E-state index in [1.54, 1.807) is 0 Å². The quantitative estimate of drug-likeness (QED) is 0.517. The van der Waals surface area contributed by atoms with E-state index in [4.69, 9.17) is 5.73 Å². The molecule has 0 radical (unpaired) electrons. The second-order valence-corrected chi connectivity index (χ2v) is 4.99. The van der Waals surface area contributed by atoms with Gasteiger partial charge < -0.3 is 5.73 Å². The lowest BCUT2D eigenvalue weighted by Crippen LogP contribution is -2.43. The zero-order valence-corrected chi connectivity index (χ0v) is 8.17. The van der Waals surface area contributed by atoms with Crippen LogP contribution in [-0.4, -0.2) is 21.7 Å². The number of fused-ring (bicyclic) bond motifs is 1. The molecule has 58 valence electrons. The molecular weight excluding hydrogens is 239 g/mol. The molecule has 0 aromatic carbocycles. The summed E-state index contributed by atoms with van der Waals surface area (Å²) in [5.41, 5.74) is 6.40. The maximum atomic E-state index is 6.21. The molecule has 1 saturated heterocycles. The molecule has 0 bridgehead atoms. The highest BCUT2D eigenvalue weighted by molar-refractivity contribution is 14.1. The minimum absolute atomic E-state index is 0.196. The van der Waals surface area contributed by atoms with Crippen molar-refractivity contribution in [3.05, 3.63) is 0 Å². The number of halogens is 1. The van der Waals surface area contributed by atoms with Crippen molar-refractivity contribution in [3.63, 3.8) is 0 Å². The van der Waals surface area contributed by atoms with Crippen molar-refractivity contribution in [1.29, 1.82) is 0 Å². The predicted octanol–water partition coefficient (Wildman–Crippen LogP) is 1.15. The number of hydrogen-bond donors (Lipinski definition) is 1. The van der Waals surface area contributed by atoms with Gasteiger partial charge in [0.15, 0.2) is 0 Å². The van der Waals surface area contributed by atoms with Gasteiger partial charge in [-0.05, 0) is 18.8 Å². The first-order valence-corrected chi connectivity index (χ1v) is 4.87. The van der Waals surface area contributed by atoms with Gasteiger partial charge in [-0.15, -0.1) is 0 Å². The topological polar surface area (TPSA) is 29.3 Å². The van der Waals surface area contributed by atoms with E-state index in [1.165, 1.54) is 25.8 Å². The molecule has 2 nitrogen and oxygen atoms in total. The summed E-state index contributed by atoms with van der Waals surface area (Å²) in [5.74, 6) is 0.796. The van der Waals surface area contributed by atoms with Crippen LogP contribution in [0.1, 0.15) is 19.3 Å². The van der Waals surface area contributed by atoms with E-state index >= 15 is 0 Å². The van der Waals surface area contributed by atoms with Gasteiger partial charge in [-0.2, -0.15) is 0 Å². The van der Waals surface area contributed by atoms with Gasteiger partial charge in [-0.3, -0.25) is 0 Å². The number of nitrogens with zero attached hydrogens (tertiary/aromatic N) is 1. The normalized spacial score (nSPS) is 48.0. The van der Waals surface area contributed by atoms with Gasteiger partial charge in [-0.25, -0.2) is 3.11 Å². The molecule has 3 heteroatoms. The van der Waals surface area contributed by atoms with Crippen LogP contribution in [0.25, 0.3) is 0 Å². The highest BCUT2D eigenvalue weighted by Crippen LogP contribution is 2.40. The summed E-state index contributed by atoms with van der Waals surface area (Å²) < 4.78 is 2.33.